The first-order valence-electron chi connectivity index (χ1n) is 12.9. The van der Waals surface area contributed by atoms with Crippen LogP contribution in [0.4, 0.5) is 5.69 Å². The predicted octanol–water partition coefficient (Wildman–Crippen LogP) is 4.99. The Morgan fingerprint density at radius 1 is 1.00 bits per heavy atom. The van der Waals surface area contributed by atoms with E-state index in [9.17, 15) is 9.59 Å². The summed E-state index contributed by atoms with van der Waals surface area (Å²) >= 11 is 0. The van der Waals surface area contributed by atoms with Gasteiger partial charge >= 0.3 is 5.97 Å². The number of nitrogens with zero attached hydrogens (tertiary/aromatic N) is 2. The Kier molecular flexibility index (Phi) is 7.74. The zero-order valence-electron chi connectivity index (χ0n) is 22.3. The molecule has 2 heterocycles. The van der Waals surface area contributed by atoms with Crippen LogP contribution < -0.4 is 14.8 Å². The van der Waals surface area contributed by atoms with Crippen LogP contribution >= 0.6 is 0 Å². The van der Waals surface area contributed by atoms with Crippen LogP contribution in [0.5, 0.6) is 11.5 Å². The Balaban J connectivity index is 1.40. The van der Waals surface area contributed by atoms with Crippen molar-refractivity contribution in [3.05, 3.63) is 95.2 Å². The number of benzene rings is 3. The van der Waals surface area contributed by atoms with Crippen molar-refractivity contribution in [2.75, 3.05) is 26.1 Å². The summed E-state index contributed by atoms with van der Waals surface area (Å²) in [6.07, 6.45) is -0.334. The number of aromatic nitrogens is 1. The molecule has 0 fully saturated rings. The lowest BCUT2D eigenvalue weighted by atomic mass is 9.95. The number of para-hydroxylation sites is 1. The standard InChI is InChI=1S/C31H31N3O5/c1-20(30(35)33-27-17-22(37-2)13-14-28(27)38-3)39-31(36)29-23-11-7-8-12-25(23)32-26-15-16-34(19-24(26)29)18-21-9-5-4-6-10-21/h4-14,17,20H,15-16,18-19H2,1-3H3,(H,33,35). The average Bonchev–Trinajstić information content (AvgIpc) is 2.96. The van der Waals surface area contributed by atoms with Gasteiger partial charge in [-0.15, -0.1) is 0 Å². The SMILES string of the molecule is COc1ccc(OC)c(NC(=O)C(C)OC(=O)c2c3c(nc4ccccc24)CCN(Cc2ccccc2)C3)c1. The van der Waals surface area contributed by atoms with Crippen molar-refractivity contribution >= 4 is 28.5 Å². The van der Waals surface area contributed by atoms with Crippen LogP contribution in [-0.4, -0.2) is 48.6 Å². The Labute approximate surface area is 227 Å². The fraction of sp³-hybridized carbons (Fsp3) is 0.258. The van der Waals surface area contributed by atoms with Gasteiger partial charge in [-0.25, -0.2) is 4.79 Å². The maximum absolute atomic E-state index is 13.7. The first-order valence-corrected chi connectivity index (χ1v) is 12.9. The molecule has 0 saturated carbocycles. The average molecular weight is 526 g/mol. The fourth-order valence-electron chi connectivity index (χ4n) is 4.87. The van der Waals surface area contributed by atoms with Crippen molar-refractivity contribution < 1.29 is 23.8 Å². The molecule has 0 spiro atoms. The molecule has 4 aromatic rings. The van der Waals surface area contributed by atoms with E-state index < -0.39 is 18.0 Å². The molecule has 1 aromatic heterocycles. The van der Waals surface area contributed by atoms with E-state index in [0.717, 1.165) is 36.3 Å². The number of rotatable bonds is 8. The number of hydrogen-bond acceptors (Lipinski definition) is 7. The second-order valence-corrected chi connectivity index (χ2v) is 9.48. The van der Waals surface area contributed by atoms with Gasteiger partial charge in [-0.1, -0.05) is 48.5 Å². The smallest absolute Gasteiger partial charge is 0.339 e. The van der Waals surface area contributed by atoms with Gasteiger partial charge in [-0.2, -0.15) is 0 Å². The number of pyridine rings is 1. The molecule has 1 unspecified atom stereocenters. The van der Waals surface area contributed by atoms with E-state index in [2.05, 4.69) is 22.3 Å². The van der Waals surface area contributed by atoms with Gasteiger partial charge in [-0.05, 0) is 30.7 Å². The summed E-state index contributed by atoms with van der Waals surface area (Å²) in [6.45, 7) is 3.72. The number of methoxy groups -OCH3 is 2. The Morgan fingerprint density at radius 3 is 2.54 bits per heavy atom. The molecule has 1 aliphatic heterocycles. The van der Waals surface area contributed by atoms with Crippen molar-refractivity contribution in [1.29, 1.82) is 0 Å². The van der Waals surface area contributed by atoms with E-state index in [-0.39, 0.29) is 0 Å². The number of ether oxygens (including phenoxy) is 3. The van der Waals surface area contributed by atoms with Crippen molar-refractivity contribution in [3.8, 4) is 11.5 Å². The van der Waals surface area contributed by atoms with Gasteiger partial charge in [0.05, 0.1) is 31.0 Å². The molecular weight excluding hydrogens is 494 g/mol. The first-order chi connectivity index (χ1) is 19.0. The van der Waals surface area contributed by atoms with E-state index in [1.54, 1.807) is 32.2 Å². The van der Waals surface area contributed by atoms with Gasteiger partial charge in [-0.3, -0.25) is 14.7 Å². The molecule has 8 nitrogen and oxygen atoms in total. The number of fused-ring (bicyclic) bond motifs is 2. The summed E-state index contributed by atoms with van der Waals surface area (Å²) in [7, 11) is 3.05. The molecule has 1 N–H and O–H groups in total. The van der Waals surface area contributed by atoms with Gasteiger partial charge in [0.25, 0.3) is 5.91 Å². The van der Waals surface area contributed by atoms with Crippen LogP contribution in [0.15, 0.2) is 72.8 Å². The van der Waals surface area contributed by atoms with Crippen LogP contribution in [0.1, 0.15) is 34.1 Å². The third kappa shape index (κ3) is 5.71. The third-order valence-electron chi connectivity index (χ3n) is 6.90. The highest BCUT2D eigenvalue weighted by atomic mass is 16.5. The Morgan fingerprint density at radius 2 is 1.77 bits per heavy atom. The zero-order chi connectivity index (χ0) is 27.4. The van der Waals surface area contributed by atoms with Gasteiger partial charge in [0.2, 0.25) is 0 Å². The maximum atomic E-state index is 13.7. The normalized spacial score (nSPS) is 13.8. The summed E-state index contributed by atoms with van der Waals surface area (Å²) in [5, 5.41) is 3.50. The maximum Gasteiger partial charge on any atom is 0.339 e. The number of carbonyl (C=O) groups is 2. The van der Waals surface area contributed by atoms with Crippen molar-refractivity contribution in [1.82, 2.24) is 9.88 Å². The molecular formula is C31H31N3O5. The second-order valence-electron chi connectivity index (χ2n) is 9.48. The van der Waals surface area contributed by atoms with Crippen LogP contribution in [0.25, 0.3) is 10.9 Å². The summed E-state index contributed by atoms with van der Waals surface area (Å²) < 4.78 is 16.4. The molecule has 0 bridgehead atoms. The largest absolute Gasteiger partial charge is 0.497 e. The number of anilines is 1. The van der Waals surface area contributed by atoms with Crippen LogP contribution in [-0.2, 0) is 29.0 Å². The lowest BCUT2D eigenvalue weighted by Crippen LogP contribution is -2.34. The minimum Gasteiger partial charge on any atom is -0.497 e. The second kappa shape index (κ2) is 11.5. The molecule has 0 saturated heterocycles. The lowest BCUT2D eigenvalue weighted by Gasteiger charge is -2.30. The highest BCUT2D eigenvalue weighted by Crippen LogP contribution is 2.31. The quantitative estimate of drug-likeness (QED) is 0.324. The van der Waals surface area contributed by atoms with E-state index in [0.29, 0.717) is 34.7 Å². The van der Waals surface area contributed by atoms with Crippen LogP contribution in [0.3, 0.4) is 0 Å². The molecule has 39 heavy (non-hydrogen) atoms. The molecule has 8 heteroatoms. The Bertz CT molecular complexity index is 1510. The third-order valence-corrected chi connectivity index (χ3v) is 6.90. The molecule has 3 aromatic carbocycles. The van der Waals surface area contributed by atoms with Gasteiger partial charge in [0.1, 0.15) is 11.5 Å². The minimum atomic E-state index is -1.06. The molecule has 200 valence electrons. The van der Waals surface area contributed by atoms with Crippen LogP contribution in [0.2, 0.25) is 0 Å². The van der Waals surface area contributed by atoms with Crippen molar-refractivity contribution in [3.63, 3.8) is 0 Å². The van der Waals surface area contributed by atoms with Crippen molar-refractivity contribution in [2.24, 2.45) is 0 Å². The summed E-state index contributed by atoms with van der Waals surface area (Å²) in [6, 6.07) is 22.9. The van der Waals surface area contributed by atoms with Crippen molar-refractivity contribution in [2.45, 2.75) is 32.5 Å². The monoisotopic (exact) mass is 525 g/mol. The zero-order valence-corrected chi connectivity index (χ0v) is 22.3. The number of hydrogen-bond donors (Lipinski definition) is 1. The Hall–Kier alpha value is -4.43. The molecule has 5 rings (SSSR count). The topological polar surface area (TPSA) is 90.0 Å². The summed E-state index contributed by atoms with van der Waals surface area (Å²) in [5.41, 5.74) is 4.57. The predicted molar refractivity (Wildman–Crippen MR) is 149 cm³/mol. The van der Waals surface area contributed by atoms with Crippen LogP contribution in [0, 0.1) is 0 Å². The molecule has 0 aliphatic carbocycles. The summed E-state index contributed by atoms with van der Waals surface area (Å²) in [4.78, 5) is 33.9. The highest BCUT2D eigenvalue weighted by molar-refractivity contribution is 6.06. The number of esters is 1. The van der Waals surface area contributed by atoms with Gasteiger partial charge in [0, 0.05) is 48.8 Å². The number of amides is 1. The molecule has 1 atom stereocenters. The van der Waals surface area contributed by atoms with E-state index in [1.165, 1.54) is 12.7 Å². The first kappa shape index (κ1) is 26.2. The van der Waals surface area contributed by atoms with E-state index in [1.807, 2.05) is 42.5 Å². The summed E-state index contributed by atoms with van der Waals surface area (Å²) in [5.74, 6) is 0.000532. The number of nitrogens with one attached hydrogen (secondary N) is 1. The van der Waals surface area contributed by atoms with Gasteiger partial charge in [0.15, 0.2) is 6.10 Å². The molecule has 1 amide bonds. The lowest BCUT2D eigenvalue weighted by molar-refractivity contribution is -0.123. The number of carbonyl (C=O) groups excluding carboxylic acids is 2. The molecule has 1 aliphatic rings. The highest BCUT2D eigenvalue weighted by Gasteiger charge is 2.29. The van der Waals surface area contributed by atoms with Gasteiger partial charge < -0.3 is 19.5 Å². The molecule has 0 radical (unpaired) electrons. The van der Waals surface area contributed by atoms with E-state index in [4.69, 9.17) is 19.2 Å². The minimum absolute atomic E-state index is 0.424. The van der Waals surface area contributed by atoms with E-state index >= 15 is 0 Å². The fourth-order valence-corrected chi connectivity index (χ4v) is 4.87.